The summed E-state index contributed by atoms with van der Waals surface area (Å²) in [6, 6.07) is 9.74. The van der Waals surface area contributed by atoms with Gasteiger partial charge in [0.05, 0.1) is 12.2 Å². The van der Waals surface area contributed by atoms with E-state index in [1.807, 2.05) is 32.9 Å². The normalized spacial score (nSPS) is 14.8. The van der Waals surface area contributed by atoms with Crippen LogP contribution in [0.15, 0.2) is 40.8 Å². The van der Waals surface area contributed by atoms with Crippen molar-refractivity contribution in [3.63, 3.8) is 0 Å². The SMILES string of the molecule is CC(C)(C)OC(=O)N1CCC(c2ccc(-c3nnc(CNc4ccc(F)cc4)o3)nn2)CC1. The predicted octanol–water partition coefficient (Wildman–Crippen LogP) is 4.39. The lowest BCUT2D eigenvalue weighted by Crippen LogP contribution is -2.41. The molecule has 2 aromatic heterocycles. The van der Waals surface area contributed by atoms with E-state index in [4.69, 9.17) is 9.15 Å². The number of anilines is 1. The second kappa shape index (κ2) is 9.51. The molecule has 1 aliphatic heterocycles. The van der Waals surface area contributed by atoms with Crippen LogP contribution in [-0.2, 0) is 11.3 Å². The zero-order valence-corrected chi connectivity index (χ0v) is 18.9. The Labute approximate surface area is 191 Å². The van der Waals surface area contributed by atoms with Crippen LogP contribution < -0.4 is 5.32 Å². The largest absolute Gasteiger partial charge is 0.444 e. The number of nitrogens with one attached hydrogen (secondary N) is 1. The number of piperidine rings is 1. The molecule has 0 atom stereocenters. The molecule has 0 bridgehead atoms. The van der Waals surface area contributed by atoms with Crippen LogP contribution in [0.25, 0.3) is 11.6 Å². The van der Waals surface area contributed by atoms with Crippen LogP contribution in [0.1, 0.15) is 51.1 Å². The highest BCUT2D eigenvalue weighted by atomic mass is 19.1. The summed E-state index contributed by atoms with van der Waals surface area (Å²) in [5, 5.41) is 19.8. The second-order valence-corrected chi connectivity index (χ2v) is 8.95. The maximum Gasteiger partial charge on any atom is 0.410 e. The summed E-state index contributed by atoms with van der Waals surface area (Å²) < 4.78 is 24.1. The topological polar surface area (TPSA) is 106 Å². The fraction of sp³-hybridized carbons (Fsp3) is 0.435. The number of carbonyl (C=O) groups excluding carboxylic acids is 1. The van der Waals surface area contributed by atoms with Crippen LogP contribution in [0.4, 0.5) is 14.9 Å². The third-order valence-corrected chi connectivity index (χ3v) is 5.22. The van der Waals surface area contributed by atoms with Gasteiger partial charge in [0.25, 0.3) is 5.89 Å². The van der Waals surface area contributed by atoms with Gasteiger partial charge in [0.2, 0.25) is 5.89 Å². The van der Waals surface area contributed by atoms with E-state index >= 15 is 0 Å². The van der Waals surface area contributed by atoms with Crippen molar-refractivity contribution < 1.29 is 18.3 Å². The highest BCUT2D eigenvalue weighted by Gasteiger charge is 2.28. The van der Waals surface area contributed by atoms with Gasteiger partial charge in [-0.3, -0.25) is 0 Å². The first kappa shape index (κ1) is 22.6. The smallest absolute Gasteiger partial charge is 0.410 e. The molecule has 0 radical (unpaired) electrons. The summed E-state index contributed by atoms with van der Waals surface area (Å²) in [6.45, 7) is 7.14. The van der Waals surface area contributed by atoms with Gasteiger partial charge in [0.15, 0.2) is 0 Å². The van der Waals surface area contributed by atoms with Gasteiger partial charge in [-0.1, -0.05) is 0 Å². The van der Waals surface area contributed by atoms with Crippen LogP contribution >= 0.6 is 0 Å². The van der Waals surface area contributed by atoms with Gasteiger partial charge in [-0.05, 0) is 70.0 Å². The number of carbonyl (C=O) groups is 1. The number of amides is 1. The average molecular weight is 455 g/mol. The van der Waals surface area contributed by atoms with E-state index < -0.39 is 5.60 Å². The monoisotopic (exact) mass is 454 g/mol. The molecule has 3 heterocycles. The highest BCUT2D eigenvalue weighted by Crippen LogP contribution is 2.28. The number of nitrogens with zero attached hydrogens (tertiary/aromatic N) is 5. The summed E-state index contributed by atoms with van der Waals surface area (Å²) in [7, 11) is 0. The molecule has 1 N–H and O–H groups in total. The van der Waals surface area contributed by atoms with E-state index in [-0.39, 0.29) is 23.7 Å². The Kier molecular flexibility index (Phi) is 6.52. The van der Waals surface area contributed by atoms with Crippen LogP contribution in [0.3, 0.4) is 0 Å². The van der Waals surface area contributed by atoms with Crippen molar-refractivity contribution in [1.82, 2.24) is 25.3 Å². The van der Waals surface area contributed by atoms with Crippen molar-refractivity contribution in [3.05, 3.63) is 53.8 Å². The fourth-order valence-corrected chi connectivity index (χ4v) is 3.53. The number of rotatable bonds is 5. The maximum absolute atomic E-state index is 13.0. The Balaban J connectivity index is 1.31. The molecular weight excluding hydrogens is 427 g/mol. The van der Waals surface area contributed by atoms with Gasteiger partial charge in [0.1, 0.15) is 17.1 Å². The summed E-state index contributed by atoms with van der Waals surface area (Å²) in [5.74, 6) is 0.596. The highest BCUT2D eigenvalue weighted by molar-refractivity contribution is 5.68. The van der Waals surface area contributed by atoms with Gasteiger partial charge in [-0.2, -0.15) is 5.10 Å². The van der Waals surface area contributed by atoms with E-state index in [1.165, 1.54) is 12.1 Å². The molecule has 1 fully saturated rings. The average Bonchev–Trinajstić information content (AvgIpc) is 3.27. The van der Waals surface area contributed by atoms with E-state index in [1.54, 1.807) is 17.0 Å². The number of likely N-dealkylation sites (tertiary alicyclic amines) is 1. The van der Waals surface area contributed by atoms with Crippen LogP contribution in [-0.4, -0.2) is 50.1 Å². The molecule has 1 aliphatic rings. The van der Waals surface area contributed by atoms with Crippen molar-refractivity contribution >= 4 is 11.8 Å². The summed E-state index contributed by atoms with van der Waals surface area (Å²) >= 11 is 0. The number of aromatic nitrogens is 4. The zero-order valence-electron chi connectivity index (χ0n) is 18.9. The summed E-state index contributed by atoms with van der Waals surface area (Å²) in [4.78, 5) is 14.0. The second-order valence-electron chi connectivity index (χ2n) is 8.95. The molecular formula is C23H27FN6O3. The van der Waals surface area contributed by atoms with Gasteiger partial charge < -0.3 is 19.4 Å². The van der Waals surface area contributed by atoms with E-state index in [2.05, 4.69) is 25.7 Å². The predicted molar refractivity (Wildman–Crippen MR) is 119 cm³/mol. The number of halogens is 1. The molecule has 0 saturated carbocycles. The molecule has 1 saturated heterocycles. The molecule has 0 unspecified atom stereocenters. The maximum atomic E-state index is 13.0. The molecule has 1 aromatic carbocycles. The van der Waals surface area contributed by atoms with Crippen molar-refractivity contribution in [2.24, 2.45) is 0 Å². The minimum absolute atomic E-state index is 0.225. The minimum Gasteiger partial charge on any atom is -0.444 e. The van der Waals surface area contributed by atoms with Crippen molar-refractivity contribution in [1.29, 1.82) is 0 Å². The van der Waals surface area contributed by atoms with Gasteiger partial charge in [0, 0.05) is 24.7 Å². The van der Waals surface area contributed by atoms with Crippen LogP contribution in [0.5, 0.6) is 0 Å². The molecule has 3 aromatic rings. The van der Waals surface area contributed by atoms with E-state index in [0.717, 1.165) is 24.2 Å². The molecule has 10 heteroatoms. The van der Waals surface area contributed by atoms with Gasteiger partial charge >= 0.3 is 6.09 Å². The third-order valence-electron chi connectivity index (χ3n) is 5.22. The Morgan fingerprint density at radius 3 is 2.45 bits per heavy atom. The number of hydrogen-bond acceptors (Lipinski definition) is 8. The molecule has 4 rings (SSSR count). The standard InChI is InChI=1S/C23H27FN6O3/c1-23(2,3)33-22(31)30-12-10-15(11-13-30)18-8-9-19(27-26-18)21-29-28-20(32-21)14-25-17-6-4-16(24)5-7-17/h4-9,15,25H,10-14H2,1-3H3. The lowest BCUT2D eigenvalue weighted by atomic mass is 9.93. The number of benzene rings is 1. The first-order valence-electron chi connectivity index (χ1n) is 10.9. The Bertz CT molecular complexity index is 1070. The van der Waals surface area contributed by atoms with E-state index in [0.29, 0.717) is 31.2 Å². The van der Waals surface area contributed by atoms with Gasteiger partial charge in [-0.15, -0.1) is 15.3 Å². The Morgan fingerprint density at radius 2 is 1.82 bits per heavy atom. The Hall–Kier alpha value is -3.56. The van der Waals surface area contributed by atoms with Crippen LogP contribution in [0.2, 0.25) is 0 Å². The molecule has 33 heavy (non-hydrogen) atoms. The summed E-state index contributed by atoms with van der Waals surface area (Å²) in [5.41, 5.74) is 1.62. The molecule has 1 amide bonds. The van der Waals surface area contributed by atoms with Crippen molar-refractivity contribution in [2.75, 3.05) is 18.4 Å². The van der Waals surface area contributed by atoms with Crippen molar-refractivity contribution in [3.8, 4) is 11.6 Å². The van der Waals surface area contributed by atoms with Crippen LogP contribution in [0, 0.1) is 5.82 Å². The lowest BCUT2D eigenvalue weighted by Gasteiger charge is -2.33. The van der Waals surface area contributed by atoms with Crippen molar-refractivity contribution in [2.45, 2.75) is 51.7 Å². The molecule has 174 valence electrons. The fourth-order valence-electron chi connectivity index (χ4n) is 3.53. The number of hydrogen-bond donors (Lipinski definition) is 1. The Morgan fingerprint density at radius 1 is 1.09 bits per heavy atom. The third kappa shape index (κ3) is 6.03. The van der Waals surface area contributed by atoms with E-state index in [9.17, 15) is 9.18 Å². The first-order chi connectivity index (χ1) is 15.8. The quantitative estimate of drug-likeness (QED) is 0.605. The lowest BCUT2D eigenvalue weighted by molar-refractivity contribution is 0.0204. The molecule has 0 aliphatic carbocycles. The minimum atomic E-state index is -0.499. The number of ether oxygens (including phenoxy) is 1. The zero-order chi connectivity index (χ0) is 23.4. The molecule has 0 spiro atoms. The summed E-state index contributed by atoms with van der Waals surface area (Å²) in [6.07, 6.45) is 1.32. The van der Waals surface area contributed by atoms with Gasteiger partial charge in [-0.25, -0.2) is 9.18 Å². The first-order valence-corrected chi connectivity index (χ1v) is 10.9. The molecule has 9 nitrogen and oxygen atoms in total.